The first kappa shape index (κ1) is 23.0. The first-order chi connectivity index (χ1) is 12.2. The molecule has 1 aromatic rings. The number of nitrogens with one attached hydrogen (secondary N) is 2. The minimum Gasteiger partial charge on any atom is -0.356 e. The van der Waals surface area contributed by atoms with Gasteiger partial charge in [0, 0.05) is 44.5 Å². The van der Waals surface area contributed by atoms with Crippen LogP contribution in [-0.2, 0) is 6.54 Å². The van der Waals surface area contributed by atoms with Gasteiger partial charge in [0.25, 0.3) is 5.56 Å². The van der Waals surface area contributed by atoms with Crippen LogP contribution in [0, 0.1) is 6.92 Å². The lowest BCUT2D eigenvalue weighted by molar-refractivity contribution is 0.267. The molecule has 0 radical (unpaired) electrons. The number of nitrogens with zero attached hydrogens (tertiary/aromatic N) is 3. The highest BCUT2D eigenvalue weighted by molar-refractivity contribution is 14.0. The third-order valence-corrected chi connectivity index (χ3v) is 5.00. The van der Waals surface area contributed by atoms with Gasteiger partial charge in [-0.05, 0) is 51.8 Å². The molecule has 0 bridgehead atoms. The minimum atomic E-state index is 0. The Hall–Kier alpha value is -1.09. The average molecular weight is 475 g/mol. The van der Waals surface area contributed by atoms with Crippen molar-refractivity contribution in [3.63, 3.8) is 0 Å². The Morgan fingerprint density at radius 1 is 1.31 bits per heavy atom. The Kier molecular flexibility index (Phi) is 10.9. The van der Waals surface area contributed by atoms with Crippen molar-refractivity contribution in [1.29, 1.82) is 0 Å². The zero-order valence-electron chi connectivity index (χ0n) is 16.3. The van der Waals surface area contributed by atoms with Gasteiger partial charge < -0.3 is 15.2 Å². The summed E-state index contributed by atoms with van der Waals surface area (Å²) in [5.41, 5.74) is 1.11. The third kappa shape index (κ3) is 6.90. The molecule has 7 heteroatoms. The quantitative estimate of drug-likeness (QED) is 0.262. The van der Waals surface area contributed by atoms with E-state index in [4.69, 9.17) is 0 Å². The summed E-state index contributed by atoms with van der Waals surface area (Å²) in [5, 5.41) is 6.82. The number of aromatic nitrogens is 1. The number of rotatable bonds is 8. The monoisotopic (exact) mass is 475 g/mol. The van der Waals surface area contributed by atoms with Crippen LogP contribution in [0.2, 0.25) is 0 Å². The van der Waals surface area contributed by atoms with Gasteiger partial charge in [0.1, 0.15) is 0 Å². The molecule has 0 amide bonds. The lowest BCUT2D eigenvalue weighted by Gasteiger charge is -2.24. The van der Waals surface area contributed by atoms with Gasteiger partial charge in [0.2, 0.25) is 0 Å². The smallest absolute Gasteiger partial charge is 0.250 e. The van der Waals surface area contributed by atoms with Crippen LogP contribution in [0.3, 0.4) is 0 Å². The molecular weight excluding hydrogens is 441 g/mol. The summed E-state index contributed by atoms with van der Waals surface area (Å²) in [6, 6.07) is 6.04. The van der Waals surface area contributed by atoms with Crippen molar-refractivity contribution in [2.45, 2.75) is 52.1 Å². The highest BCUT2D eigenvalue weighted by Crippen LogP contribution is 2.15. The molecule has 0 spiro atoms. The van der Waals surface area contributed by atoms with E-state index in [2.05, 4.69) is 27.4 Å². The molecule has 1 aliphatic rings. The number of halogens is 1. The lowest BCUT2D eigenvalue weighted by atomic mass is 10.2. The maximum atomic E-state index is 11.8. The summed E-state index contributed by atoms with van der Waals surface area (Å²) < 4.78 is 1.84. The van der Waals surface area contributed by atoms with Crippen LogP contribution < -0.4 is 16.2 Å². The molecule has 26 heavy (non-hydrogen) atoms. The van der Waals surface area contributed by atoms with Gasteiger partial charge in [-0.3, -0.25) is 14.7 Å². The van der Waals surface area contributed by atoms with Gasteiger partial charge in [-0.25, -0.2) is 0 Å². The molecular formula is C19H34IN5O. The highest BCUT2D eigenvalue weighted by Gasteiger charge is 2.22. The molecule has 0 saturated carbocycles. The molecule has 2 heterocycles. The summed E-state index contributed by atoms with van der Waals surface area (Å²) >= 11 is 0. The number of guanidine groups is 1. The van der Waals surface area contributed by atoms with Crippen molar-refractivity contribution >= 4 is 29.9 Å². The Morgan fingerprint density at radius 3 is 2.81 bits per heavy atom. The van der Waals surface area contributed by atoms with Gasteiger partial charge in [-0.2, -0.15) is 0 Å². The normalized spacial score (nSPS) is 17.8. The molecule has 1 unspecified atom stereocenters. The van der Waals surface area contributed by atoms with Crippen molar-refractivity contribution < 1.29 is 0 Å². The van der Waals surface area contributed by atoms with E-state index in [0.29, 0.717) is 6.04 Å². The van der Waals surface area contributed by atoms with E-state index in [1.54, 1.807) is 6.07 Å². The number of unbranched alkanes of at least 4 members (excludes halogenated alkanes) is 1. The molecule has 2 N–H and O–H groups in total. The Bertz CT molecular complexity index is 616. The van der Waals surface area contributed by atoms with Crippen molar-refractivity contribution in [2.75, 3.05) is 33.2 Å². The number of hydrogen-bond acceptors (Lipinski definition) is 3. The van der Waals surface area contributed by atoms with Crippen LogP contribution >= 0.6 is 24.0 Å². The van der Waals surface area contributed by atoms with E-state index >= 15 is 0 Å². The van der Waals surface area contributed by atoms with Gasteiger partial charge >= 0.3 is 0 Å². The standard InChI is InChI=1S/C19H33N5O.HI/c1-4-23-13-8-10-17(23)15-22-19(20-3)21-12-5-6-14-24-16(2)9-7-11-18(24)25;/h7,9,11,17H,4-6,8,10,12-15H2,1-3H3,(H2,20,21,22);1H. The zero-order chi connectivity index (χ0) is 18.1. The van der Waals surface area contributed by atoms with E-state index in [1.807, 2.05) is 30.7 Å². The zero-order valence-corrected chi connectivity index (χ0v) is 18.7. The molecule has 148 valence electrons. The maximum Gasteiger partial charge on any atom is 0.250 e. The van der Waals surface area contributed by atoms with E-state index in [1.165, 1.54) is 19.4 Å². The first-order valence-electron chi connectivity index (χ1n) is 9.50. The molecule has 6 nitrogen and oxygen atoms in total. The van der Waals surface area contributed by atoms with E-state index in [9.17, 15) is 4.79 Å². The number of hydrogen-bond donors (Lipinski definition) is 2. The van der Waals surface area contributed by atoms with Crippen LogP contribution in [0.4, 0.5) is 0 Å². The predicted octanol–water partition coefficient (Wildman–Crippen LogP) is 2.20. The second-order valence-corrected chi connectivity index (χ2v) is 6.67. The van der Waals surface area contributed by atoms with Crippen LogP contribution in [0.15, 0.2) is 28.0 Å². The van der Waals surface area contributed by atoms with Gasteiger partial charge in [-0.15, -0.1) is 24.0 Å². The Balaban J connectivity index is 0.00000338. The molecule has 1 fully saturated rings. The van der Waals surface area contributed by atoms with Crippen molar-refractivity contribution in [2.24, 2.45) is 4.99 Å². The molecule has 2 rings (SSSR count). The number of aryl methyl sites for hydroxylation is 1. The van der Waals surface area contributed by atoms with E-state index < -0.39 is 0 Å². The predicted molar refractivity (Wildman–Crippen MR) is 120 cm³/mol. The summed E-state index contributed by atoms with van der Waals surface area (Å²) in [4.78, 5) is 18.7. The van der Waals surface area contributed by atoms with Gasteiger partial charge in [0.05, 0.1) is 0 Å². The van der Waals surface area contributed by atoms with E-state index in [-0.39, 0.29) is 29.5 Å². The second-order valence-electron chi connectivity index (χ2n) is 6.67. The first-order valence-corrected chi connectivity index (χ1v) is 9.50. The van der Waals surface area contributed by atoms with Crippen LogP contribution in [-0.4, -0.2) is 54.7 Å². The van der Waals surface area contributed by atoms with Crippen LogP contribution in [0.5, 0.6) is 0 Å². The molecule has 1 atom stereocenters. The lowest BCUT2D eigenvalue weighted by Crippen LogP contribution is -2.45. The molecule has 1 aromatic heterocycles. The van der Waals surface area contributed by atoms with Crippen molar-refractivity contribution in [1.82, 2.24) is 20.1 Å². The minimum absolute atomic E-state index is 0. The fraction of sp³-hybridized carbons (Fsp3) is 0.684. The summed E-state index contributed by atoms with van der Waals surface area (Å²) in [6.45, 7) is 9.13. The maximum absolute atomic E-state index is 11.8. The Labute approximate surface area is 174 Å². The van der Waals surface area contributed by atoms with Gasteiger partial charge in [-0.1, -0.05) is 13.0 Å². The summed E-state index contributed by atoms with van der Waals surface area (Å²) in [7, 11) is 1.81. The van der Waals surface area contributed by atoms with Crippen molar-refractivity contribution in [3.8, 4) is 0 Å². The average Bonchev–Trinajstić information content (AvgIpc) is 3.07. The van der Waals surface area contributed by atoms with Crippen molar-refractivity contribution in [3.05, 3.63) is 34.2 Å². The van der Waals surface area contributed by atoms with Crippen LogP contribution in [0.25, 0.3) is 0 Å². The summed E-state index contributed by atoms with van der Waals surface area (Å²) in [6.07, 6.45) is 4.54. The molecule has 0 aromatic carbocycles. The Morgan fingerprint density at radius 2 is 2.12 bits per heavy atom. The number of pyridine rings is 1. The fourth-order valence-electron chi connectivity index (χ4n) is 3.49. The summed E-state index contributed by atoms with van der Waals surface area (Å²) in [5.74, 6) is 0.871. The van der Waals surface area contributed by atoms with E-state index in [0.717, 1.165) is 50.7 Å². The van der Waals surface area contributed by atoms with Crippen LogP contribution in [0.1, 0.15) is 38.3 Å². The largest absolute Gasteiger partial charge is 0.356 e. The molecule has 0 aliphatic carbocycles. The SMILES string of the molecule is CCN1CCCC1CNC(=NC)NCCCCn1c(C)cccc1=O.I. The number of likely N-dealkylation sites (N-methyl/N-ethyl adjacent to an activating group) is 1. The fourth-order valence-corrected chi connectivity index (χ4v) is 3.49. The third-order valence-electron chi connectivity index (χ3n) is 5.00. The second kappa shape index (κ2) is 12.3. The number of likely N-dealkylation sites (tertiary alicyclic amines) is 1. The number of aliphatic imine (C=N–C) groups is 1. The molecule has 1 aliphatic heterocycles. The topological polar surface area (TPSA) is 61.7 Å². The molecule has 1 saturated heterocycles. The van der Waals surface area contributed by atoms with Gasteiger partial charge in [0.15, 0.2) is 5.96 Å². The highest BCUT2D eigenvalue weighted by atomic mass is 127.